The molecule has 0 saturated heterocycles. The van der Waals surface area contributed by atoms with Crippen molar-refractivity contribution in [3.05, 3.63) is 0 Å². The SMILES string of the molecule is C[Si](C)(C)C([Si](C)(C)C)([Si](C)(C)C)[Si](C)(C)OC#N. The number of hydrogen-bond donors (Lipinski definition) is 0. The molecular weight excluding hydrogens is 298 g/mol. The summed E-state index contributed by atoms with van der Waals surface area (Å²) in [5.74, 6) is 0. The average Bonchev–Trinajstić information content (AvgIpc) is 1.91. The molecule has 2 nitrogen and oxygen atoms in total. The van der Waals surface area contributed by atoms with E-state index in [2.05, 4.69) is 78.3 Å². The second kappa shape index (κ2) is 5.17. The Morgan fingerprint density at radius 3 is 1.11 bits per heavy atom. The van der Waals surface area contributed by atoms with Gasteiger partial charge in [0.05, 0.1) is 0 Å². The molecule has 0 aliphatic rings. The smallest absolute Gasteiger partial charge is 0.271 e. The second-order valence-corrected chi connectivity index (χ2v) is 31.9. The van der Waals surface area contributed by atoms with Crippen molar-refractivity contribution < 1.29 is 4.43 Å². The van der Waals surface area contributed by atoms with Crippen LogP contribution in [0.25, 0.3) is 0 Å². The maximum absolute atomic E-state index is 9.17. The van der Waals surface area contributed by atoms with Crippen LogP contribution in [0.5, 0.6) is 0 Å². The molecule has 0 fully saturated rings. The summed E-state index contributed by atoms with van der Waals surface area (Å²) in [6, 6.07) is 0. The normalized spacial score (nSPS) is 15.1. The number of nitrogens with zero attached hydrogens (tertiary/aromatic N) is 1. The van der Waals surface area contributed by atoms with Crippen LogP contribution in [-0.4, -0.2) is 32.5 Å². The van der Waals surface area contributed by atoms with E-state index >= 15 is 0 Å². The lowest BCUT2D eigenvalue weighted by Gasteiger charge is -2.63. The molecule has 0 aliphatic carbocycles. The molecular formula is C13H33NOSi4. The molecule has 0 aliphatic heterocycles. The largest absolute Gasteiger partial charge is 0.483 e. The molecule has 0 amide bonds. The Labute approximate surface area is 124 Å². The second-order valence-electron chi connectivity index (χ2n) is 9.20. The number of nitriles is 1. The summed E-state index contributed by atoms with van der Waals surface area (Å²) in [5, 5.41) is 9.17. The monoisotopic (exact) mass is 331 g/mol. The van der Waals surface area contributed by atoms with Gasteiger partial charge >= 0.3 is 0 Å². The first kappa shape index (κ1) is 19.2. The van der Waals surface area contributed by atoms with E-state index in [0.29, 0.717) is 3.91 Å². The van der Waals surface area contributed by atoms with E-state index in [4.69, 9.17) is 4.43 Å². The Bertz CT molecular complexity index is 330. The lowest BCUT2D eigenvalue weighted by molar-refractivity contribution is 0.493. The highest BCUT2D eigenvalue weighted by Gasteiger charge is 2.69. The van der Waals surface area contributed by atoms with Crippen LogP contribution in [0, 0.1) is 11.5 Å². The summed E-state index contributed by atoms with van der Waals surface area (Å²) in [6.45, 7) is 27.1. The molecule has 0 aromatic heterocycles. The standard InChI is InChI=1S/C13H33NOSi4/c1-16(2,3)13(17(4,5)6,18(7,8)9)19(10,11)15-12-14/h1-11H3. The predicted octanol–water partition coefficient (Wildman–Crippen LogP) is 5.06. The zero-order valence-electron chi connectivity index (χ0n) is 14.9. The summed E-state index contributed by atoms with van der Waals surface area (Å²) in [4.78, 5) is 0. The highest BCUT2D eigenvalue weighted by atomic mass is 28.5. The van der Waals surface area contributed by atoms with Gasteiger partial charge in [-0.2, -0.15) is 5.26 Å². The van der Waals surface area contributed by atoms with Crippen LogP contribution in [0.4, 0.5) is 0 Å². The molecule has 6 heteroatoms. The minimum absolute atomic E-state index is 0.371. The first-order valence-electron chi connectivity index (χ1n) is 7.13. The zero-order chi connectivity index (χ0) is 15.9. The third-order valence-corrected chi connectivity index (χ3v) is 39.4. The molecule has 0 spiro atoms. The van der Waals surface area contributed by atoms with Crippen LogP contribution in [0.3, 0.4) is 0 Å². The fourth-order valence-corrected chi connectivity index (χ4v) is 55.8. The summed E-state index contributed by atoms with van der Waals surface area (Å²) in [7, 11) is -6.48. The van der Waals surface area contributed by atoms with Crippen LogP contribution in [0.1, 0.15) is 0 Å². The van der Waals surface area contributed by atoms with Gasteiger partial charge in [-0.3, -0.25) is 0 Å². The van der Waals surface area contributed by atoms with Crippen LogP contribution in [0.2, 0.25) is 75.9 Å². The van der Waals surface area contributed by atoms with Gasteiger partial charge in [0, 0.05) is 24.2 Å². The molecule has 0 rings (SSSR count). The van der Waals surface area contributed by atoms with E-state index < -0.39 is 32.5 Å². The van der Waals surface area contributed by atoms with Gasteiger partial charge in [0.15, 0.2) is 0 Å². The fourth-order valence-electron chi connectivity index (χ4n) is 6.27. The van der Waals surface area contributed by atoms with Crippen LogP contribution < -0.4 is 0 Å². The molecule has 0 saturated carbocycles. The van der Waals surface area contributed by atoms with Crippen molar-refractivity contribution in [3.63, 3.8) is 0 Å². The molecule has 0 radical (unpaired) electrons. The van der Waals surface area contributed by atoms with Gasteiger partial charge in [-0.15, -0.1) is 0 Å². The summed E-state index contributed by atoms with van der Waals surface area (Å²) in [5.41, 5.74) is 0. The van der Waals surface area contributed by atoms with Crippen molar-refractivity contribution in [2.45, 2.75) is 75.9 Å². The minimum Gasteiger partial charge on any atom is -0.483 e. The lowest BCUT2D eigenvalue weighted by Crippen LogP contribution is -2.76. The molecule has 0 N–H and O–H groups in total. The Hall–Kier alpha value is 0.158. The first-order valence-corrected chi connectivity index (χ1v) is 20.5. The van der Waals surface area contributed by atoms with E-state index in [1.54, 1.807) is 0 Å². The van der Waals surface area contributed by atoms with E-state index in [1.807, 2.05) is 0 Å². The van der Waals surface area contributed by atoms with Gasteiger partial charge in [0.1, 0.15) is 0 Å². The first-order chi connectivity index (χ1) is 8.06. The van der Waals surface area contributed by atoms with Crippen molar-refractivity contribution in [1.29, 1.82) is 5.26 Å². The predicted molar refractivity (Wildman–Crippen MR) is 96.9 cm³/mol. The Kier molecular flexibility index (Phi) is 5.21. The molecule has 0 bridgehead atoms. The summed E-state index contributed by atoms with van der Waals surface area (Å²) in [6.07, 6.45) is 2.06. The van der Waals surface area contributed by atoms with Crippen LogP contribution >= 0.6 is 0 Å². The van der Waals surface area contributed by atoms with E-state index in [9.17, 15) is 5.26 Å². The van der Waals surface area contributed by atoms with E-state index in [0.717, 1.165) is 0 Å². The van der Waals surface area contributed by atoms with Crippen LogP contribution in [-0.2, 0) is 4.43 Å². The summed E-state index contributed by atoms with van der Waals surface area (Å²) >= 11 is 0. The molecule has 0 aromatic carbocycles. The quantitative estimate of drug-likeness (QED) is 0.521. The van der Waals surface area contributed by atoms with Gasteiger partial charge in [-0.05, 0) is 17.0 Å². The minimum atomic E-state index is -2.07. The van der Waals surface area contributed by atoms with Gasteiger partial charge in [-0.1, -0.05) is 58.9 Å². The molecule has 112 valence electrons. The average molecular weight is 332 g/mol. The number of rotatable bonds is 5. The number of hydrogen-bond acceptors (Lipinski definition) is 2. The van der Waals surface area contributed by atoms with Gasteiger partial charge in [-0.25, -0.2) is 0 Å². The lowest BCUT2D eigenvalue weighted by atomic mass is 11.6. The van der Waals surface area contributed by atoms with Crippen LogP contribution in [0.15, 0.2) is 0 Å². The van der Waals surface area contributed by atoms with Gasteiger partial charge in [0.2, 0.25) is 0 Å². The maximum Gasteiger partial charge on any atom is 0.271 e. The van der Waals surface area contributed by atoms with Crippen molar-refractivity contribution in [2.24, 2.45) is 0 Å². The third kappa shape index (κ3) is 2.94. The third-order valence-electron chi connectivity index (χ3n) is 4.58. The highest BCUT2D eigenvalue weighted by molar-refractivity contribution is 7.28. The van der Waals surface area contributed by atoms with Crippen molar-refractivity contribution in [2.75, 3.05) is 0 Å². The van der Waals surface area contributed by atoms with E-state index in [-0.39, 0.29) is 0 Å². The zero-order valence-corrected chi connectivity index (χ0v) is 18.9. The maximum atomic E-state index is 9.17. The molecule has 0 heterocycles. The van der Waals surface area contributed by atoms with Crippen molar-refractivity contribution >= 4 is 32.5 Å². The molecule has 19 heavy (non-hydrogen) atoms. The molecule has 0 atom stereocenters. The Morgan fingerprint density at radius 2 is 0.947 bits per heavy atom. The molecule has 0 unspecified atom stereocenters. The van der Waals surface area contributed by atoms with Crippen molar-refractivity contribution in [3.8, 4) is 6.26 Å². The van der Waals surface area contributed by atoms with Crippen molar-refractivity contribution in [1.82, 2.24) is 0 Å². The highest BCUT2D eigenvalue weighted by Crippen LogP contribution is 2.59. The Morgan fingerprint density at radius 1 is 0.684 bits per heavy atom. The van der Waals surface area contributed by atoms with E-state index in [1.165, 1.54) is 0 Å². The fraction of sp³-hybridized carbons (Fsp3) is 0.923. The Balaban J connectivity index is 6.55. The topological polar surface area (TPSA) is 33.0 Å². The van der Waals surface area contributed by atoms with Gasteiger partial charge < -0.3 is 4.43 Å². The molecule has 0 aromatic rings. The summed E-state index contributed by atoms with van der Waals surface area (Å²) < 4.78 is 6.19. The van der Waals surface area contributed by atoms with Gasteiger partial charge in [0.25, 0.3) is 14.6 Å².